The van der Waals surface area contributed by atoms with E-state index < -0.39 is 0 Å². The van der Waals surface area contributed by atoms with E-state index in [1.54, 1.807) is 54.6 Å². The summed E-state index contributed by atoms with van der Waals surface area (Å²) < 4.78 is 5.46. The standard InChI is InChI=1S/C26H24N4O5/c27-35-21-3-1-2-19(13-21)28-25(32)17-6-4-16(5-7-17)14-30(20-9-10-20)26(33)18-8-11-22-23(12-18)34-15-24(31)29-22/h1-8,11-13,20H,9-10,14-15,27H2,(H,28,32)(H,29,31). The number of nitrogens with one attached hydrogen (secondary N) is 2. The number of ether oxygens (including phenoxy) is 1. The molecular weight excluding hydrogens is 448 g/mol. The monoisotopic (exact) mass is 472 g/mol. The lowest BCUT2D eigenvalue weighted by atomic mass is 10.1. The van der Waals surface area contributed by atoms with Gasteiger partial charge in [-0.25, -0.2) is 0 Å². The number of anilines is 2. The molecule has 0 atom stereocenters. The summed E-state index contributed by atoms with van der Waals surface area (Å²) in [5, 5.41) is 5.54. The van der Waals surface area contributed by atoms with Crippen LogP contribution < -0.4 is 26.1 Å². The number of benzene rings is 3. The normalized spacial score (nSPS) is 14.3. The Morgan fingerprint density at radius 3 is 2.57 bits per heavy atom. The first-order valence-electron chi connectivity index (χ1n) is 11.2. The molecule has 178 valence electrons. The van der Waals surface area contributed by atoms with Crippen LogP contribution in [0.1, 0.15) is 39.1 Å². The number of fused-ring (bicyclic) bond motifs is 1. The van der Waals surface area contributed by atoms with E-state index in [2.05, 4.69) is 10.6 Å². The Kier molecular flexibility index (Phi) is 6.07. The number of nitrogens with two attached hydrogens (primary N) is 1. The van der Waals surface area contributed by atoms with Crippen molar-refractivity contribution in [2.45, 2.75) is 25.4 Å². The summed E-state index contributed by atoms with van der Waals surface area (Å²) in [5.41, 5.74) is 3.05. The Bertz CT molecular complexity index is 1290. The molecule has 1 heterocycles. The molecule has 35 heavy (non-hydrogen) atoms. The first-order valence-corrected chi connectivity index (χ1v) is 11.2. The molecule has 1 saturated carbocycles. The maximum atomic E-state index is 13.3. The molecule has 0 radical (unpaired) electrons. The van der Waals surface area contributed by atoms with Crippen molar-refractivity contribution in [3.63, 3.8) is 0 Å². The van der Waals surface area contributed by atoms with E-state index in [4.69, 9.17) is 15.5 Å². The third-order valence-electron chi connectivity index (χ3n) is 5.91. The van der Waals surface area contributed by atoms with Gasteiger partial charge in [0.2, 0.25) is 0 Å². The highest BCUT2D eigenvalue weighted by Gasteiger charge is 2.33. The molecule has 3 aromatic rings. The van der Waals surface area contributed by atoms with Crippen LogP contribution in [0.4, 0.5) is 11.4 Å². The fourth-order valence-corrected chi connectivity index (χ4v) is 3.94. The molecule has 9 nitrogen and oxygen atoms in total. The maximum absolute atomic E-state index is 13.3. The molecule has 3 amide bonds. The van der Waals surface area contributed by atoms with Crippen LogP contribution in [0.25, 0.3) is 0 Å². The van der Waals surface area contributed by atoms with Gasteiger partial charge in [0.1, 0.15) is 11.5 Å². The average Bonchev–Trinajstić information content (AvgIpc) is 3.72. The van der Waals surface area contributed by atoms with Crippen molar-refractivity contribution in [1.82, 2.24) is 4.90 Å². The summed E-state index contributed by atoms with van der Waals surface area (Å²) in [6, 6.07) is 19.2. The highest BCUT2D eigenvalue weighted by Crippen LogP contribution is 2.33. The van der Waals surface area contributed by atoms with Gasteiger partial charge >= 0.3 is 0 Å². The molecule has 0 unspecified atom stereocenters. The van der Waals surface area contributed by atoms with Crippen molar-refractivity contribution in [3.05, 3.63) is 83.4 Å². The van der Waals surface area contributed by atoms with Gasteiger partial charge in [0.25, 0.3) is 17.7 Å². The summed E-state index contributed by atoms with van der Waals surface area (Å²) in [7, 11) is 0. The van der Waals surface area contributed by atoms with Gasteiger partial charge < -0.3 is 25.1 Å². The second kappa shape index (κ2) is 9.47. The van der Waals surface area contributed by atoms with Gasteiger partial charge in [0.05, 0.1) is 5.69 Å². The predicted octanol–water partition coefficient (Wildman–Crippen LogP) is 3.33. The van der Waals surface area contributed by atoms with E-state index in [1.165, 1.54) is 0 Å². The predicted molar refractivity (Wildman–Crippen MR) is 129 cm³/mol. The Morgan fingerprint density at radius 1 is 1.06 bits per heavy atom. The van der Waals surface area contributed by atoms with Crippen molar-refractivity contribution >= 4 is 29.1 Å². The molecule has 0 bridgehead atoms. The van der Waals surface area contributed by atoms with E-state index >= 15 is 0 Å². The minimum Gasteiger partial charge on any atom is -0.482 e. The van der Waals surface area contributed by atoms with Crippen LogP contribution in [0, 0.1) is 0 Å². The van der Waals surface area contributed by atoms with Crippen LogP contribution in [-0.4, -0.2) is 35.3 Å². The maximum Gasteiger partial charge on any atom is 0.262 e. The quantitative estimate of drug-likeness (QED) is 0.454. The van der Waals surface area contributed by atoms with E-state index in [1.807, 2.05) is 17.0 Å². The zero-order chi connectivity index (χ0) is 24.4. The molecule has 9 heteroatoms. The van der Waals surface area contributed by atoms with Crippen LogP contribution in [0.2, 0.25) is 0 Å². The Morgan fingerprint density at radius 2 is 1.83 bits per heavy atom. The number of carbonyl (C=O) groups excluding carboxylic acids is 3. The zero-order valence-corrected chi connectivity index (χ0v) is 18.8. The van der Waals surface area contributed by atoms with Crippen LogP contribution in [0.15, 0.2) is 66.7 Å². The minimum atomic E-state index is -0.262. The van der Waals surface area contributed by atoms with Crippen molar-refractivity contribution in [3.8, 4) is 11.5 Å². The Labute approximate surface area is 201 Å². The number of rotatable bonds is 7. The molecule has 5 rings (SSSR count). The van der Waals surface area contributed by atoms with Gasteiger partial charge in [-0.05, 0) is 60.9 Å². The molecule has 0 spiro atoms. The number of hydrogen-bond acceptors (Lipinski definition) is 6. The molecule has 0 saturated heterocycles. The molecule has 4 N–H and O–H groups in total. The fraction of sp³-hybridized carbons (Fsp3) is 0.192. The highest BCUT2D eigenvalue weighted by molar-refractivity contribution is 6.04. The lowest BCUT2D eigenvalue weighted by Crippen LogP contribution is -2.33. The largest absolute Gasteiger partial charge is 0.482 e. The lowest BCUT2D eigenvalue weighted by Gasteiger charge is -2.24. The molecule has 0 aromatic heterocycles. The number of carbonyl (C=O) groups is 3. The van der Waals surface area contributed by atoms with Gasteiger partial charge in [0, 0.05) is 35.5 Å². The molecule has 2 aliphatic rings. The van der Waals surface area contributed by atoms with E-state index in [9.17, 15) is 14.4 Å². The average molecular weight is 473 g/mol. The van der Waals surface area contributed by atoms with Crippen LogP contribution >= 0.6 is 0 Å². The summed E-state index contributed by atoms with van der Waals surface area (Å²) in [5.74, 6) is 5.53. The van der Waals surface area contributed by atoms with Crippen molar-refractivity contribution < 1.29 is 24.0 Å². The molecule has 1 aliphatic carbocycles. The molecule has 1 aliphatic heterocycles. The molecule has 1 fully saturated rings. The molecule has 3 aromatic carbocycles. The zero-order valence-electron chi connectivity index (χ0n) is 18.8. The van der Waals surface area contributed by atoms with E-state index in [0.717, 1.165) is 18.4 Å². The van der Waals surface area contributed by atoms with Crippen LogP contribution in [-0.2, 0) is 11.3 Å². The van der Waals surface area contributed by atoms with Gasteiger partial charge in [-0.3, -0.25) is 14.4 Å². The minimum absolute atomic E-state index is 0.0663. The smallest absolute Gasteiger partial charge is 0.262 e. The van der Waals surface area contributed by atoms with Gasteiger partial charge in [-0.15, -0.1) is 0 Å². The highest BCUT2D eigenvalue weighted by atomic mass is 16.6. The van der Waals surface area contributed by atoms with E-state index in [0.29, 0.717) is 40.5 Å². The van der Waals surface area contributed by atoms with Crippen molar-refractivity contribution in [2.24, 2.45) is 5.90 Å². The lowest BCUT2D eigenvalue weighted by molar-refractivity contribution is -0.118. The van der Waals surface area contributed by atoms with Crippen LogP contribution in [0.5, 0.6) is 11.5 Å². The summed E-state index contributed by atoms with van der Waals surface area (Å²) in [6.45, 7) is 0.360. The SMILES string of the molecule is NOc1cccc(NC(=O)c2ccc(CN(C(=O)c3ccc4c(c3)OCC(=O)N4)C3CC3)cc2)c1. The number of nitrogens with zero attached hydrogens (tertiary/aromatic N) is 1. The summed E-state index contributed by atoms with van der Waals surface area (Å²) >= 11 is 0. The first kappa shape index (κ1) is 22.4. The van der Waals surface area contributed by atoms with Crippen LogP contribution in [0.3, 0.4) is 0 Å². The molecular formula is C26H24N4O5. The van der Waals surface area contributed by atoms with E-state index in [-0.39, 0.29) is 30.4 Å². The summed E-state index contributed by atoms with van der Waals surface area (Å²) in [4.78, 5) is 44.0. The van der Waals surface area contributed by atoms with Crippen molar-refractivity contribution in [2.75, 3.05) is 17.2 Å². The first-order chi connectivity index (χ1) is 17.0. The van der Waals surface area contributed by atoms with Crippen molar-refractivity contribution in [1.29, 1.82) is 0 Å². The Balaban J connectivity index is 1.27. The topological polar surface area (TPSA) is 123 Å². The van der Waals surface area contributed by atoms with Gasteiger partial charge in [-0.1, -0.05) is 18.2 Å². The van der Waals surface area contributed by atoms with Gasteiger partial charge in [0.15, 0.2) is 6.61 Å². The second-order valence-electron chi connectivity index (χ2n) is 8.51. The number of hydrogen-bond donors (Lipinski definition) is 3. The fourth-order valence-electron chi connectivity index (χ4n) is 3.94. The van der Waals surface area contributed by atoms with Gasteiger partial charge in [-0.2, -0.15) is 5.90 Å². The third-order valence-corrected chi connectivity index (χ3v) is 5.91. The third kappa shape index (κ3) is 5.10. The Hall–Kier alpha value is -4.37. The summed E-state index contributed by atoms with van der Waals surface area (Å²) in [6.07, 6.45) is 1.91. The second-order valence-corrected chi connectivity index (χ2v) is 8.51. The number of amides is 3.